The van der Waals surface area contributed by atoms with E-state index in [9.17, 15) is 13.6 Å². The first-order valence-electron chi connectivity index (χ1n) is 11.5. The van der Waals surface area contributed by atoms with E-state index in [1.807, 2.05) is 65.2 Å². The van der Waals surface area contributed by atoms with Gasteiger partial charge in [0.1, 0.15) is 17.3 Å². The summed E-state index contributed by atoms with van der Waals surface area (Å²) < 4.78 is 31.4. The van der Waals surface area contributed by atoms with Gasteiger partial charge in [-0.3, -0.25) is 14.9 Å². The summed E-state index contributed by atoms with van der Waals surface area (Å²) in [5.41, 5.74) is 5.52. The maximum atomic E-state index is 14.4. The highest BCUT2D eigenvalue weighted by atomic mass is 19.1. The summed E-state index contributed by atoms with van der Waals surface area (Å²) in [6.45, 7) is 1.28. The van der Waals surface area contributed by atoms with E-state index in [0.29, 0.717) is 24.2 Å². The van der Waals surface area contributed by atoms with Crippen LogP contribution in [0, 0.1) is 11.6 Å². The summed E-state index contributed by atoms with van der Waals surface area (Å²) in [4.78, 5) is 18.2. The number of carbonyl (C=O) groups is 1. The van der Waals surface area contributed by atoms with Crippen LogP contribution in [0.15, 0.2) is 79.4 Å². The van der Waals surface area contributed by atoms with Crippen LogP contribution in [0.1, 0.15) is 27.2 Å². The number of hydroxylamine groups is 1. The Bertz CT molecular complexity index is 1560. The average Bonchev–Trinajstić information content (AvgIpc) is 3.50. The Morgan fingerprint density at radius 3 is 2.59 bits per heavy atom. The van der Waals surface area contributed by atoms with Crippen molar-refractivity contribution >= 4 is 16.8 Å². The van der Waals surface area contributed by atoms with E-state index in [-0.39, 0.29) is 12.2 Å². The van der Waals surface area contributed by atoms with Crippen LogP contribution in [-0.4, -0.2) is 42.4 Å². The third-order valence-corrected chi connectivity index (χ3v) is 6.09. The largest absolute Gasteiger partial charge is 0.341 e. The van der Waals surface area contributed by atoms with Gasteiger partial charge in [0.25, 0.3) is 5.91 Å². The summed E-state index contributed by atoms with van der Waals surface area (Å²) in [5.74, 6) is -2.01. The smallest absolute Gasteiger partial charge is 0.293 e. The van der Waals surface area contributed by atoms with Crippen LogP contribution in [0.5, 0.6) is 0 Å². The molecule has 0 atom stereocenters. The lowest BCUT2D eigenvalue weighted by molar-refractivity contribution is 0.0701. The number of benzene rings is 2. The molecule has 0 radical (unpaired) electrons. The molecule has 0 bridgehead atoms. The Balaban J connectivity index is 1.43. The molecule has 0 aliphatic rings. The molecule has 0 aliphatic carbocycles. The van der Waals surface area contributed by atoms with E-state index in [0.717, 1.165) is 28.3 Å². The number of fused-ring (bicyclic) bond motifs is 1. The van der Waals surface area contributed by atoms with Crippen molar-refractivity contribution < 1.29 is 18.8 Å². The van der Waals surface area contributed by atoms with E-state index >= 15 is 0 Å². The predicted molar refractivity (Wildman–Crippen MR) is 133 cm³/mol. The molecule has 188 valence electrons. The molecular weight excluding hydrogens is 478 g/mol. The monoisotopic (exact) mass is 502 g/mol. The second-order valence-corrected chi connectivity index (χ2v) is 8.85. The molecule has 37 heavy (non-hydrogen) atoms. The molecule has 3 aromatic heterocycles. The highest BCUT2D eigenvalue weighted by Gasteiger charge is 2.16. The molecule has 8 nitrogen and oxygen atoms in total. The average molecular weight is 503 g/mol. The van der Waals surface area contributed by atoms with Gasteiger partial charge >= 0.3 is 0 Å². The number of aromatic nitrogens is 4. The highest BCUT2D eigenvalue weighted by molar-refractivity contribution is 5.96. The molecule has 5 rings (SSSR count). The summed E-state index contributed by atoms with van der Waals surface area (Å²) in [5, 5.41) is 14.2. The lowest BCUT2D eigenvalue weighted by Gasteiger charge is -2.15. The first-order chi connectivity index (χ1) is 17.9. The van der Waals surface area contributed by atoms with Gasteiger partial charge in [-0.05, 0) is 36.9 Å². The molecular formula is C27H24F2N6O2. The van der Waals surface area contributed by atoms with Crippen molar-refractivity contribution in [2.24, 2.45) is 0 Å². The summed E-state index contributed by atoms with van der Waals surface area (Å²) in [6.07, 6.45) is 7.17. The van der Waals surface area contributed by atoms with Gasteiger partial charge in [0, 0.05) is 48.1 Å². The SMILES string of the molecule is CN(Cc1cnn(-c2ccccc2)c1)Cc1cn(Cc2ccc(F)cc2F)c2cnc(C(=O)NO)cc12. The molecule has 3 heterocycles. The number of nitrogens with zero attached hydrogens (tertiary/aromatic N) is 5. The predicted octanol–water partition coefficient (Wildman–Crippen LogP) is 4.30. The maximum absolute atomic E-state index is 14.4. The number of hydrogen-bond donors (Lipinski definition) is 2. The third-order valence-electron chi connectivity index (χ3n) is 6.09. The van der Waals surface area contributed by atoms with Crippen LogP contribution in [0.25, 0.3) is 16.6 Å². The Morgan fingerprint density at radius 1 is 1.03 bits per heavy atom. The number of halogens is 2. The zero-order valence-corrected chi connectivity index (χ0v) is 20.0. The molecule has 0 spiro atoms. The zero-order chi connectivity index (χ0) is 25.9. The van der Waals surface area contributed by atoms with Crippen LogP contribution < -0.4 is 5.48 Å². The summed E-state index contributed by atoms with van der Waals surface area (Å²) >= 11 is 0. The fourth-order valence-corrected chi connectivity index (χ4v) is 4.36. The minimum atomic E-state index is -0.730. The molecule has 0 saturated heterocycles. The lowest BCUT2D eigenvalue weighted by Crippen LogP contribution is -2.20. The van der Waals surface area contributed by atoms with Gasteiger partial charge in [-0.15, -0.1) is 0 Å². The fourth-order valence-electron chi connectivity index (χ4n) is 4.36. The van der Waals surface area contributed by atoms with Crippen molar-refractivity contribution in [3.05, 3.63) is 113 Å². The minimum Gasteiger partial charge on any atom is -0.341 e. The summed E-state index contributed by atoms with van der Waals surface area (Å²) in [7, 11) is 1.96. The standard InChI is InChI=1S/C27H24F2N6O2/c1-33(13-18-11-31-35(14-18)22-5-3-2-4-6-22)15-20-17-34(16-19-7-8-21(28)9-24(19)29)26-12-30-25(10-23(20)26)27(36)32-37/h2-12,14,17,37H,13,15-16H2,1H3,(H,32,36). The second kappa shape index (κ2) is 10.3. The fraction of sp³-hybridized carbons (Fsp3) is 0.148. The van der Waals surface area contributed by atoms with E-state index in [4.69, 9.17) is 5.21 Å². The third kappa shape index (κ3) is 5.25. The van der Waals surface area contributed by atoms with Gasteiger partial charge in [0.15, 0.2) is 0 Å². The van der Waals surface area contributed by atoms with E-state index in [1.54, 1.807) is 11.5 Å². The second-order valence-electron chi connectivity index (χ2n) is 8.85. The molecule has 2 aromatic carbocycles. The molecule has 0 unspecified atom stereocenters. The summed E-state index contributed by atoms with van der Waals surface area (Å²) in [6, 6.07) is 14.9. The zero-order valence-electron chi connectivity index (χ0n) is 20.0. The molecule has 0 fully saturated rings. The molecule has 5 aromatic rings. The van der Waals surface area contributed by atoms with Crippen LogP contribution in [-0.2, 0) is 19.6 Å². The van der Waals surface area contributed by atoms with E-state index < -0.39 is 17.5 Å². The van der Waals surface area contributed by atoms with Gasteiger partial charge in [0.2, 0.25) is 0 Å². The van der Waals surface area contributed by atoms with Gasteiger partial charge in [-0.2, -0.15) is 5.10 Å². The van der Waals surface area contributed by atoms with Crippen molar-refractivity contribution in [1.82, 2.24) is 29.7 Å². The Labute approximate surface area is 211 Å². The number of hydrogen-bond acceptors (Lipinski definition) is 5. The molecule has 10 heteroatoms. The number of pyridine rings is 1. The number of para-hydroxylation sites is 1. The van der Waals surface area contributed by atoms with Gasteiger partial charge in [-0.1, -0.05) is 24.3 Å². The number of nitrogens with one attached hydrogen (secondary N) is 1. The van der Waals surface area contributed by atoms with Gasteiger partial charge in [0.05, 0.1) is 30.1 Å². The van der Waals surface area contributed by atoms with Crippen LogP contribution in [0.2, 0.25) is 0 Å². The normalized spacial score (nSPS) is 11.4. The van der Waals surface area contributed by atoms with Crippen LogP contribution >= 0.6 is 0 Å². The first kappa shape index (κ1) is 24.3. The Morgan fingerprint density at radius 2 is 1.84 bits per heavy atom. The number of rotatable bonds is 8. The van der Waals surface area contributed by atoms with E-state index in [2.05, 4.69) is 15.0 Å². The molecule has 2 N–H and O–H groups in total. The van der Waals surface area contributed by atoms with Gasteiger partial charge < -0.3 is 4.57 Å². The van der Waals surface area contributed by atoms with Crippen molar-refractivity contribution in [1.29, 1.82) is 0 Å². The Kier molecular flexibility index (Phi) is 6.76. The molecule has 0 aliphatic heterocycles. The molecule has 1 amide bonds. The maximum Gasteiger partial charge on any atom is 0.293 e. The molecule has 0 saturated carbocycles. The highest BCUT2D eigenvalue weighted by Crippen LogP contribution is 2.25. The van der Waals surface area contributed by atoms with E-state index in [1.165, 1.54) is 18.3 Å². The van der Waals surface area contributed by atoms with Crippen molar-refractivity contribution in [3.63, 3.8) is 0 Å². The van der Waals surface area contributed by atoms with Crippen LogP contribution in [0.3, 0.4) is 0 Å². The van der Waals surface area contributed by atoms with Crippen LogP contribution in [0.4, 0.5) is 8.78 Å². The van der Waals surface area contributed by atoms with Crippen molar-refractivity contribution in [2.45, 2.75) is 19.6 Å². The minimum absolute atomic E-state index is 0.0498. The lowest BCUT2D eigenvalue weighted by atomic mass is 10.1. The van der Waals surface area contributed by atoms with Crippen molar-refractivity contribution in [3.8, 4) is 5.69 Å². The number of carbonyl (C=O) groups excluding carboxylic acids is 1. The quantitative estimate of drug-likeness (QED) is 0.244. The Hall–Kier alpha value is -4.41. The first-order valence-corrected chi connectivity index (χ1v) is 11.5. The number of amides is 1. The topological polar surface area (TPSA) is 88.2 Å². The van der Waals surface area contributed by atoms with Gasteiger partial charge in [-0.25, -0.2) is 23.9 Å². The van der Waals surface area contributed by atoms with Crippen molar-refractivity contribution in [2.75, 3.05) is 7.05 Å².